The summed E-state index contributed by atoms with van der Waals surface area (Å²) >= 11 is 16.4. The fraction of sp³-hybridized carbons (Fsp3) is 0.194. The number of ether oxygens (including phenoxy) is 2. The number of esters is 1. The number of fused-ring (bicyclic) bond motifs is 1. The number of thioether (sulfide) groups is 1. The molecule has 0 bridgehead atoms. The number of carbonyl (C=O) groups is 1. The number of rotatable bonds is 8. The first kappa shape index (κ1) is 30.8. The molecule has 0 saturated heterocycles. The van der Waals surface area contributed by atoms with Gasteiger partial charge in [0, 0.05) is 15.5 Å². The van der Waals surface area contributed by atoms with E-state index in [0.717, 1.165) is 30.5 Å². The van der Waals surface area contributed by atoms with Gasteiger partial charge in [-0.25, -0.2) is 9.79 Å². The summed E-state index contributed by atoms with van der Waals surface area (Å²) in [5.41, 5.74) is 3.12. The van der Waals surface area contributed by atoms with Crippen LogP contribution in [0, 0.1) is 0 Å². The Kier molecular flexibility index (Phi) is 9.79. The second-order valence-corrected chi connectivity index (χ2v) is 13.3. The van der Waals surface area contributed by atoms with Crippen molar-refractivity contribution in [2.24, 2.45) is 4.99 Å². The molecule has 1 aliphatic rings. The molecular formula is C31H25Br2ClN2O4S2. The van der Waals surface area contributed by atoms with E-state index in [2.05, 4.69) is 36.9 Å². The smallest absolute Gasteiger partial charge is 0.338 e. The van der Waals surface area contributed by atoms with Crippen molar-refractivity contribution in [1.29, 1.82) is 0 Å². The number of aromatic nitrogens is 1. The number of benzene rings is 3. The fourth-order valence-corrected chi connectivity index (χ4v) is 7.71. The fourth-order valence-electron chi connectivity index (χ4n) is 4.61. The standard InChI is InChI=1S/C31H25Br2ClN2O4S2/c1-4-39-30(38)26-17(2)35-31-36(27(26)19-9-11-21(41-3)12-10-19)29(37)25(42-31)15-18-13-22(32)28(23(33)14-18)40-16-20-7-5-6-8-24(20)34/h5-15,27H,4,16H2,1-3H3/b25-15-/t27-/m1/s1. The van der Waals surface area contributed by atoms with E-state index in [1.165, 1.54) is 11.3 Å². The molecule has 0 aliphatic carbocycles. The zero-order chi connectivity index (χ0) is 30.0. The summed E-state index contributed by atoms with van der Waals surface area (Å²) < 4.78 is 15.0. The van der Waals surface area contributed by atoms with E-state index in [-0.39, 0.29) is 12.2 Å². The molecule has 0 amide bonds. The normalized spacial score (nSPS) is 14.9. The molecule has 0 fully saturated rings. The molecule has 2 heterocycles. The Morgan fingerprint density at radius 3 is 2.48 bits per heavy atom. The van der Waals surface area contributed by atoms with Crippen LogP contribution >= 0.6 is 66.6 Å². The average Bonchev–Trinajstić information content (AvgIpc) is 3.26. The lowest BCUT2D eigenvalue weighted by atomic mass is 9.96. The van der Waals surface area contributed by atoms with Crippen molar-refractivity contribution >= 4 is 78.6 Å². The first-order valence-corrected chi connectivity index (χ1v) is 16.9. The van der Waals surface area contributed by atoms with E-state index in [9.17, 15) is 9.59 Å². The molecule has 6 nitrogen and oxygen atoms in total. The third-order valence-corrected chi connectivity index (χ3v) is 9.87. The first-order valence-electron chi connectivity index (χ1n) is 12.9. The van der Waals surface area contributed by atoms with Crippen LogP contribution in [0.1, 0.15) is 36.6 Å². The van der Waals surface area contributed by atoms with Gasteiger partial charge in [0.1, 0.15) is 12.4 Å². The van der Waals surface area contributed by atoms with Gasteiger partial charge in [0.05, 0.1) is 37.4 Å². The summed E-state index contributed by atoms with van der Waals surface area (Å²) in [5.74, 6) is 0.143. The maximum Gasteiger partial charge on any atom is 0.338 e. The van der Waals surface area contributed by atoms with Crippen molar-refractivity contribution in [2.75, 3.05) is 12.9 Å². The maximum absolute atomic E-state index is 13.9. The van der Waals surface area contributed by atoms with Crippen molar-refractivity contribution in [3.05, 3.63) is 122 Å². The summed E-state index contributed by atoms with van der Waals surface area (Å²) in [5, 5.41) is 0.636. The largest absolute Gasteiger partial charge is 0.486 e. The molecule has 216 valence electrons. The number of allylic oxidation sites excluding steroid dienone is 1. The Bertz CT molecular complexity index is 1860. The number of halogens is 3. The lowest BCUT2D eigenvalue weighted by molar-refractivity contribution is -0.139. The number of nitrogens with zero attached hydrogens (tertiary/aromatic N) is 2. The topological polar surface area (TPSA) is 69.9 Å². The molecule has 5 rings (SSSR count). The van der Waals surface area contributed by atoms with Crippen molar-refractivity contribution in [3.63, 3.8) is 0 Å². The van der Waals surface area contributed by atoms with Gasteiger partial charge in [0.15, 0.2) is 4.80 Å². The molecule has 0 unspecified atom stereocenters. The van der Waals surface area contributed by atoms with Gasteiger partial charge in [-0.3, -0.25) is 9.36 Å². The Hall–Kier alpha value is -2.63. The van der Waals surface area contributed by atoms with Gasteiger partial charge in [-0.1, -0.05) is 53.3 Å². The average molecular weight is 749 g/mol. The molecule has 0 spiro atoms. The van der Waals surface area contributed by atoms with Gasteiger partial charge in [-0.15, -0.1) is 11.8 Å². The highest BCUT2D eigenvalue weighted by atomic mass is 79.9. The minimum absolute atomic E-state index is 0.222. The Balaban J connectivity index is 1.56. The number of hydrogen-bond acceptors (Lipinski definition) is 7. The first-order chi connectivity index (χ1) is 20.2. The van der Waals surface area contributed by atoms with E-state index in [0.29, 0.717) is 38.0 Å². The Morgan fingerprint density at radius 2 is 1.83 bits per heavy atom. The van der Waals surface area contributed by atoms with Gasteiger partial charge >= 0.3 is 5.97 Å². The van der Waals surface area contributed by atoms with Crippen molar-refractivity contribution < 1.29 is 14.3 Å². The van der Waals surface area contributed by atoms with E-state index >= 15 is 0 Å². The zero-order valence-corrected chi connectivity index (χ0v) is 28.4. The highest BCUT2D eigenvalue weighted by molar-refractivity contribution is 9.11. The zero-order valence-electron chi connectivity index (χ0n) is 22.8. The van der Waals surface area contributed by atoms with Crippen LogP contribution in [0.5, 0.6) is 5.75 Å². The van der Waals surface area contributed by atoms with Crippen molar-refractivity contribution in [3.8, 4) is 5.75 Å². The molecule has 4 aromatic rings. The minimum atomic E-state index is -0.655. The molecule has 3 aromatic carbocycles. The van der Waals surface area contributed by atoms with Gasteiger partial charge < -0.3 is 9.47 Å². The lowest BCUT2D eigenvalue weighted by Gasteiger charge is -2.24. The second-order valence-electron chi connectivity index (χ2n) is 9.27. The van der Waals surface area contributed by atoms with Crippen LogP contribution in [0.25, 0.3) is 6.08 Å². The van der Waals surface area contributed by atoms with Gasteiger partial charge in [-0.2, -0.15) is 0 Å². The molecular weight excluding hydrogens is 724 g/mol. The van der Waals surface area contributed by atoms with E-state index in [1.807, 2.05) is 73.0 Å². The van der Waals surface area contributed by atoms with E-state index in [4.69, 9.17) is 21.1 Å². The summed E-state index contributed by atoms with van der Waals surface area (Å²) in [4.78, 5) is 33.3. The van der Waals surface area contributed by atoms with E-state index < -0.39 is 12.0 Å². The van der Waals surface area contributed by atoms with Gasteiger partial charge in [0.2, 0.25) is 0 Å². The minimum Gasteiger partial charge on any atom is -0.486 e. The highest BCUT2D eigenvalue weighted by Crippen LogP contribution is 2.36. The number of carbonyl (C=O) groups excluding carboxylic acids is 1. The Labute approximate surface area is 273 Å². The number of thiazole rings is 1. The predicted molar refractivity (Wildman–Crippen MR) is 176 cm³/mol. The summed E-state index contributed by atoms with van der Waals surface area (Å²) in [7, 11) is 0. The van der Waals surface area contributed by atoms with Crippen LogP contribution in [0.3, 0.4) is 0 Å². The van der Waals surface area contributed by atoms with Crippen molar-refractivity contribution in [2.45, 2.75) is 31.4 Å². The van der Waals surface area contributed by atoms with Gasteiger partial charge in [-0.05, 0) is 99.5 Å². The summed E-state index contributed by atoms with van der Waals surface area (Å²) in [6.07, 6.45) is 3.81. The Morgan fingerprint density at radius 1 is 1.14 bits per heavy atom. The molecule has 1 aromatic heterocycles. The highest BCUT2D eigenvalue weighted by Gasteiger charge is 2.33. The molecule has 11 heteroatoms. The van der Waals surface area contributed by atoms with Crippen LogP contribution in [0.4, 0.5) is 0 Å². The van der Waals surface area contributed by atoms with Crippen molar-refractivity contribution in [1.82, 2.24) is 4.57 Å². The van der Waals surface area contributed by atoms with Crippen LogP contribution in [0.2, 0.25) is 5.02 Å². The van der Waals surface area contributed by atoms with E-state index in [1.54, 1.807) is 30.2 Å². The molecule has 0 saturated carbocycles. The second kappa shape index (κ2) is 13.3. The molecule has 42 heavy (non-hydrogen) atoms. The maximum atomic E-state index is 13.9. The van der Waals surface area contributed by atoms with Gasteiger partial charge in [0.25, 0.3) is 5.56 Å². The molecule has 0 radical (unpaired) electrons. The number of hydrogen-bond donors (Lipinski definition) is 0. The third kappa shape index (κ3) is 6.33. The molecule has 1 aliphatic heterocycles. The van der Waals surface area contributed by atoms with Crippen LogP contribution in [0.15, 0.2) is 95.6 Å². The van der Waals surface area contributed by atoms with Crippen LogP contribution in [-0.2, 0) is 16.1 Å². The van der Waals surface area contributed by atoms with Crippen LogP contribution < -0.4 is 19.6 Å². The lowest BCUT2D eigenvalue weighted by Crippen LogP contribution is -2.39. The summed E-state index contributed by atoms with van der Waals surface area (Å²) in [6, 6.07) is 18.5. The monoisotopic (exact) mass is 746 g/mol. The molecule has 0 N–H and O–H groups in total. The quantitative estimate of drug-likeness (QED) is 0.140. The predicted octanol–water partition coefficient (Wildman–Crippen LogP) is 7.28. The third-order valence-electron chi connectivity index (χ3n) is 6.60. The molecule has 1 atom stereocenters. The summed E-state index contributed by atoms with van der Waals surface area (Å²) in [6.45, 7) is 4.06. The van der Waals surface area contributed by atoms with Crippen LogP contribution in [-0.4, -0.2) is 23.4 Å². The SMILES string of the molecule is CCOC(=O)C1=C(C)N=c2s/c(=C\c3cc(Br)c(OCc4ccccc4Cl)c(Br)c3)c(=O)n2[C@@H]1c1ccc(SC)cc1.